The van der Waals surface area contributed by atoms with E-state index in [-0.39, 0.29) is 12.4 Å². The number of anilines is 2. The van der Waals surface area contributed by atoms with Crippen molar-refractivity contribution in [3.8, 4) is 11.3 Å². The maximum absolute atomic E-state index is 15.3. The minimum atomic E-state index is -0.244. The van der Waals surface area contributed by atoms with Gasteiger partial charge in [0.15, 0.2) is 5.65 Å². The molecule has 1 saturated heterocycles. The van der Waals surface area contributed by atoms with Gasteiger partial charge in [0.2, 0.25) is 5.95 Å². The second-order valence-corrected chi connectivity index (χ2v) is 8.91. The zero-order valence-electron chi connectivity index (χ0n) is 19.5. The van der Waals surface area contributed by atoms with Gasteiger partial charge in [0.05, 0.1) is 12.0 Å². The molecule has 0 aliphatic carbocycles. The van der Waals surface area contributed by atoms with E-state index in [2.05, 4.69) is 16.8 Å². The number of nitrogens with zero attached hydrogens (tertiary/aromatic N) is 6. The molecule has 8 heteroatoms. The lowest BCUT2D eigenvalue weighted by Gasteiger charge is -2.31. The molecule has 4 rings (SSSR count). The van der Waals surface area contributed by atoms with Crippen LogP contribution in [0.15, 0.2) is 18.5 Å². The monoisotopic (exact) mass is 440 g/mol. The van der Waals surface area contributed by atoms with Crippen LogP contribution in [0, 0.1) is 18.7 Å². The Hall–Kier alpha value is -2.74. The summed E-state index contributed by atoms with van der Waals surface area (Å²) in [5.41, 5.74) is 4.29. The maximum Gasteiger partial charge on any atom is 0.228 e. The number of aromatic nitrogens is 4. The Labute approximate surface area is 188 Å². The van der Waals surface area contributed by atoms with Crippen molar-refractivity contribution in [2.24, 2.45) is 13.0 Å². The molecular formula is C24H33FN6O. The third-order valence-corrected chi connectivity index (χ3v) is 6.46. The van der Waals surface area contributed by atoms with Gasteiger partial charge < -0.3 is 19.5 Å². The van der Waals surface area contributed by atoms with Crippen LogP contribution in [0.3, 0.4) is 0 Å². The van der Waals surface area contributed by atoms with Gasteiger partial charge in [0.1, 0.15) is 17.0 Å². The van der Waals surface area contributed by atoms with Gasteiger partial charge in [0, 0.05) is 45.9 Å². The van der Waals surface area contributed by atoms with Crippen LogP contribution in [0.5, 0.6) is 0 Å². The van der Waals surface area contributed by atoms with Crippen molar-refractivity contribution in [3.63, 3.8) is 0 Å². The zero-order chi connectivity index (χ0) is 22.8. The summed E-state index contributed by atoms with van der Waals surface area (Å²) in [5, 5.41) is 9.45. The van der Waals surface area contributed by atoms with Crippen LogP contribution in [0.2, 0.25) is 0 Å². The Bertz CT molecular complexity index is 1070. The third-order valence-electron chi connectivity index (χ3n) is 6.46. The predicted octanol–water partition coefficient (Wildman–Crippen LogP) is 3.92. The fraction of sp³-hybridized carbons (Fsp3) is 0.542. The average Bonchev–Trinajstić information content (AvgIpc) is 3.17. The summed E-state index contributed by atoms with van der Waals surface area (Å²) in [6.45, 7) is 6.71. The number of halogens is 1. The number of fused-ring (bicyclic) bond motifs is 1. The first kappa shape index (κ1) is 22.5. The lowest BCUT2D eigenvalue weighted by molar-refractivity contribution is 0.202. The van der Waals surface area contributed by atoms with Crippen LogP contribution in [0.25, 0.3) is 22.4 Å². The summed E-state index contributed by atoms with van der Waals surface area (Å²) in [6, 6.07) is 3.57. The minimum absolute atomic E-state index is 0.221. The van der Waals surface area contributed by atoms with Crippen molar-refractivity contribution >= 4 is 22.8 Å². The Morgan fingerprint density at radius 2 is 1.97 bits per heavy atom. The number of aliphatic hydroxyl groups is 1. The molecule has 1 aromatic carbocycles. The molecule has 1 aliphatic rings. The van der Waals surface area contributed by atoms with E-state index in [1.807, 2.05) is 36.6 Å². The molecule has 1 aliphatic heterocycles. The van der Waals surface area contributed by atoms with Gasteiger partial charge in [-0.1, -0.05) is 13.3 Å². The fourth-order valence-electron chi connectivity index (χ4n) is 4.52. The van der Waals surface area contributed by atoms with Crippen LogP contribution in [0.4, 0.5) is 16.0 Å². The van der Waals surface area contributed by atoms with E-state index < -0.39 is 0 Å². The summed E-state index contributed by atoms with van der Waals surface area (Å²) < 4.78 is 17.1. The van der Waals surface area contributed by atoms with Crippen LogP contribution in [-0.4, -0.2) is 57.9 Å². The Morgan fingerprint density at radius 1 is 1.22 bits per heavy atom. The fourth-order valence-corrected chi connectivity index (χ4v) is 4.52. The Morgan fingerprint density at radius 3 is 2.62 bits per heavy atom. The maximum atomic E-state index is 15.3. The van der Waals surface area contributed by atoms with Gasteiger partial charge in [0.25, 0.3) is 0 Å². The van der Waals surface area contributed by atoms with Crippen molar-refractivity contribution in [2.45, 2.75) is 39.5 Å². The molecule has 0 spiro atoms. The molecule has 0 unspecified atom stereocenters. The largest absolute Gasteiger partial charge is 0.396 e. The van der Waals surface area contributed by atoms with Crippen LogP contribution < -0.4 is 9.80 Å². The van der Waals surface area contributed by atoms with E-state index in [9.17, 15) is 5.11 Å². The van der Waals surface area contributed by atoms with Gasteiger partial charge in [-0.3, -0.25) is 0 Å². The smallest absolute Gasteiger partial charge is 0.228 e. The molecule has 2 aromatic heterocycles. The van der Waals surface area contributed by atoms with Gasteiger partial charge in [-0.2, -0.15) is 4.98 Å². The third kappa shape index (κ3) is 4.28. The molecule has 0 bridgehead atoms. The number of hydrogen-bond acceptors (Lipinski definition) is 6. The van der Waals surface area contributed by atoms with Crippen LogP contribution in [-0.2, 0) is 7.05 Å². The van der Waals surface area contributed by atoms with Gasteiger partial charge in [-0.15, -0.1) is 0 Å². The molecule has 32 heavy (non-hydrogen) atoms. The zero-order valence-corrected chi connectivity index (χ0v) is 19.5. The first-order chi connectivity index (χ1) is 15.4. The van der Waals surface area contributed by atoms with Crippen molar-refractivity contribution in [1.82, 2.24) is 19.5 Å². The number of unbranched alkanes of at least 4 members (excludes halogenated alkanes) is 1. The number of imidazole rings is 1. The standard InChI is InChI=1S/C24H33FN6O/c1-5-6-9-29(3)22-16(2)12-18(13-19(22)25)20-21-23(30(4)15-26-21)28-24(27-20)31-10-7-17(14-32)8-11-31/h12-13,15,17,32H,5-11,14H2,1-4H3. The number of rotatable bonds is 7. The molecule has 0 radical (unpaired) electrons. The predicted molar refractivity (Wildman–Crippen MR) is 127 cm³/mol. The van der Waals surface area contributed by atoms with Gasteiger partial charge in [-0.25, -0.2) is 14.4 Å². The average molecular weight is 441 g/mol. The molecule has 172 valence electrons. The number of benzene rings is 1. The van der Waals surface area contributed by atoms with E-state index in [4.69, 9.17) is 9.97 Å². The molecule has 7 nitrogen and oxygen atoms in total. The van der Waals surface area contributed by atoms with Crippen LogP contribution in [0.1, 0.15) is 38.2 Å². The summed E-state index contributed by atoms with van der Waals surface area (Å²) in [7, 11) is 3.85. The molecule has 0 saturated carbocycles. The highest BCUT2D eigenvalue weighted by atomic mass is 19.1. The molecule has 1 N–H and O–H groups in total. The lowest BCUT2D eigenvalue weighted by Crippen LogP contribution is -2.36. The highest BCUT2D eigenvalue weighted by Gasteiger charge is 2.24. The second-order valence-electron chi connectivity index (χ2n) is 8.91. The molecule has 1 fully saturated rings. The molecule has 3 heterocycles. The summed E-state index contributed by atoms with van der Waals surface area (Å²) in [5.74, 6) is 0.724. The highest BCUT2D eigenvalue weighted by molar-refractivity contribution is 5.89. The summed E-state index contributed by atoms with van der Waals surface area (Å²) >= 11 is 0. The number of hydrogen-bond donors (Lipinski definition) is 1. The molecular weight excluding hydrogens is 407 g/mol. The first-order valence-corrected chi connectivity index (χ1v) is 11.5. The SMILES string of the molecule is CCCCN(C)c1c(C)cc(-c2nc(N3CCC(CO)CC3)nc3c2ncn3C)cc1F. The van der Waals surface area contributed by atoms with Gasteiger partial charge >= 0.3 is 0 Å². The topological polar surface area (TPSA) is 70.3 Å². The van der Waals surface area contributed by atoms with E-state index in [1.54, 1.807) is 12.4 Å². The minimum Gasteiger partial charge on any atom is -0.396 e. The van der Waals surface area contributed by atoms with Crippen molar-refractivity contribution in [1.29, 1.82) is 0 Å². The summed E-state index contributed by atoms with van der Waals surface area (Å²) in [6.07, 6.45) is 5.63. The van der Waals surface area contributed by atoms with Crippen molar-refractivity contribution in [2.75, 3.05) is 43.1 Å². The second kappa shape index (κ2) is 9.40. The Balaban J connectivity index is 1.75. The van der Waals surface area contributed by atoms with E-state index >= 15 is 4.39 Å². The molecule has 0 atom stereocenters. The number of aliphatic hydroxyl groups excluding tert-OH is 1. The van der Waals surface area contributed by atoms with E-state index in [0.717, 1.165) is 56.5 Å². The normalized spacial score (nSPS) is 15.0. The van der Waals surface area contributed by atoms with Gasteiger partial charge in [-0.05, 0) is 49.8 Å². The first-order valence-electron chi connectivity index (χ1n) is 11.5. The van der Waals surface area contributed by atoms with Crippen molar-refractivity contribution < 1.29 is 9.50 Å². The number of piperidine rings is 1. The number of aryl methyl sites for hydroxylation is 2. The van der Waals surface area contributed by atoms with E-state index in [0.29, 0.717) is 34.3 Å². The summed E-state index contributed by atoms with van der Waals surface area (Å²) in [4.78, 5) is 18.3. The Kier molecular flexibility index (Phi) is 6.60. The highest BCUT2D eigenvalue weighted by Crippen LogP contribution is 2.33. The lowest BCUT2D eigenvalue weighted by atomic mass is 9.98. The van der Waals surface area contributed by atoms with Crippen molar-refractivity contribution in [3.05, 3.63) is 29.8 Å². The van der Waals surface area contributed by atoms with Crippen LogP contribution >= 0.6 is 0 Å². The van der Waals surface area contributed by atoms with E-state index in [1.165, 1.54) is 0 Å². The molecule has 3 aromatic rings. The quantitative estimate of drug-likeness (QED) is 0.600. The molecule has 0 amide bonds.